The minimum atomic E-state index is -0.378. The van der Waals surface area contributed by atoms with Crippen molar-refractivity contribution in [1.29, 1.82) is 0 Å². The van der Waals surface area contributed by atoms with Gasteiger partial charge in [0.05, 0.1) is 17.8 Å². The van der Waals surface area contributed by atoms with Crippen LogP contribution in [-0.4, -0.2) is 40.7 Å². The number of aryl methyl sites for hydroxylation is 1. The third kappa shape index (κ3) is 3.95. The van der Waals surface area contributed by atoms with Crippen LogP contribution in [0.5, 0.6) is 0 Å². The minimum Gasteiger partial charge on any atom is -0.393 e. The van der Waals surface area contributed by atoms with Crippen LogP contribution in [0.1, 0.15) is 53.3 Å². The molecule has 1 amide bonds. The molecule has 148 valence electrons. The maximum absolute atomic E-state index is 12.9. The van der Waals surface area contributed by atoms with Crippen molar-refractivity contribution in [2.45, 2.75) is 50.4 Å². The topological polar surface area (TPSA) is 49.8 Å². The van der Waals surface area contributed by atoms with Crippen LogP contribution in [0.2, 0.25) is 5.02 Å². The van der Waals surface area contributed by atoms with E-state index in [9.17, 15) is 9.90 Å². The Balaban J connectivity index is 1.45. The molecule has 2 aliphatic heterocycles. The van der Waals surface area contributed by atoms with Gasteiger partial charge in [-0.25, -0.2) is 0 Å². The number of aliphatic hydroxyl groups is 1. The van der Waals surface area contributed by atoms with Crippen LogP contribution in [0.15, 0.2) is 48.5 Å². The van der Waals surface area contributed by atoms with Gasteiger partial charge >= 0.3 is 0 Å². The lowest BCUT2D eigenvalue weighted by Gasteiger charge is -2.48. The molecule has 0 bridgehead atoms. The number of carbonyl (C=O) groups is 1. The first-order chi connectivity index (χ1) is 13.5. The molecular formula is C23H26ClNO3. The second kappa shape index (κ2) is 7.86. The van der Waals surface area contributed by atoms with Crippen molar-refractivity contribution in [3.05, 3.63) is 70.2 Å². The summed E-state index contributed by atoms with van der Waals surface area (Å²) in [6.45, 7) is 3.17. The summed E-state index contributed by atoms with van der Waals surface area (Å²) in [5.74, 6) is 0.00715. The molecule has 28 heavy (non-hydrogen) atoms. The average molecular weight is 400 g/mol. The molecule has 2 aromatic rings. The molecule has 0 aliphatic carbocycles. The quantitative estimate of drug-likeness (QED) is 0.806. The molecule has 2 saturated heterocycles. The van der Waals surface area contributed by atoms with Crippen LogP contribution in [-0.2, 0) is 4.74 Å². The molecule has 0 saturated carbocycles. The molecule has 0 aromatic heterocycles. The van der Waals surface area contributed by atoms with Gasteiger partial charge in [-0.2, -0.15) is 0 Å². The molecule has 4 rings (SSSR count). The summed E-state index contributed by atoms with van der Waals surface area (Å²) < 4.78 is 6.52. The van der Waals surface area contributed by atoms with Crippen LogP contribution in [0.4, 0.5) is 0 Å². The highest BCUT2D eigenvalue weighted by Crippen LogP contribution is 2.43. The van der Waals surface area contributed by atoms with Gasteiger partial charge in [0.15, 0.2) is 0 Å². The summed E-state index contributed by atoms with van der Waals surface area (Å²) in [5.41, 5.74) is 2.33. The molecular weight excluding hydrogens is 374 g/mol. The number of ether oxygens (including phenoxy) is 1. The van der Waals surface area contributed by atoms with Crippen LogP contribution >= 0.6 is 11.6 Å². The zero-order chi connectivity index (χ0) is 19.7. The van der Waals surface area contributed by atoms with Gasteiger partial charge in [-0.05, 0) is 43.0 Å². The molecule has 2 fully saturated rings. The Kier molecular flexibility index (Phi) is 5.46. The molecule has 5 heteroatoms. The molecule has 2 aromatic carbocycles. The lowest BCUT2D eigenvalue weighted by atomic mass is 9.81. The monoisotopic (exact) mass is 399 g/mol. The van der Waals surface area contributed by atoms with Crippen molar-refractivity contribution in [3.63, 3.8) is 0 Å². The number of hydrogen-bond donors (Lipinski definition) is 1. The first kappa shape index (κ1) is 19.4. The molecule has 1 N–H and O–H groups in total. The van der Waals surface area contributed by atoms with E-state index >= 15 is 0 Å². The second-order valence-electron chi connectivity index (χ2n) is 8.05. The van der Waals surface area contributed by atoms with E-state index in [4.69, 9.17) is 16.3 Å². The third-order valence-electron chi connectivity index (χ3n) is 6.04. The summed E-state index contributed by atoms with van der Waals surface area (Å²) in [6, 6.07) is 15.6. The number of halogens is 1. The van der Waals surface area contributed by atoms with Crippen molar-refractivity contribution in [3.8, 4) is 0 Å². The predicted molar refractivity (Wildman–Crippen MR) is 110 cm³/mol. The SMILES string of the molecule is Cc1ccc(C(=O)N2CCC3(CC2)C[C@H](O)C[C@H](c2ccccc2)O3)cc1Cl. The number of amides is 1. The van der Waals surface area contributed by atoms with Crippen molar-refractivity contribution in [1.82, 2.24) is 4.90 Å². The molecule has 4 nitrogen and oxygen atoms in total. The fraction of sp³-hybridized carbons (Fsp3) is 0.435. The summed E-state index contributed by atoms with van der Waals surface area (Å²) in [7, 11) is 0. The zero-order valence-corrected chi connectivity index (χ0v) is 16.9. The zero-order valence-electron chi connectivity index (χ0n) is 16.1. The number of likely N-dealkylation sites (tertiary alicyclic amines) is 1. The summed E-state index contributed by atoms with van der Waals surface area (Å²) in [4.78, 5) is 14.7. The fourth-order valence-corrected chi connectivity index (χ4v) is 4.56. The van der Waals surface area contributed by atoms with Crippen molar-refractivity contribution in [2.24, 2.45) is 0 Å². The van der Waals surface area contributed by atoms with Gasteiger partial charge in [-0.3, -0.25) is 4.79 Å². The Morgan fingerprint density at radius 3 is 2.57 bits per heavy atom. The maximum atomic E-state index is 12.9. The lowest BCUT2D eigenvalue weighted by molar-refractivity contribution is -0.181. The van der Waals surface area contributed by atoms with Crippen LogP contribution in [0.25, 0.3) is 0 Å². The third-order valence-corrected chi connectivity index (χ3v) is 6.45. The Morgan fingerprint density at radius 1 is 1.18 bits per heavy atom. The number of piperidine rings is 1. The Morgan fingerprint density at radius 2 is 1.89 bits per heavy atom. The number of rotatable bonds is 2. The average Bonchev–Trinajstić information content (AvgIpc) is 2.70. The van der Waals surface area contributed by atoms with E-state index in [0.29, 0.717) is 36.5 Å². The van der Waals surface area contributed by atoms with Crippen molar-refractivity contribution < 1.29 is 14.6 Å². The first-order valence-electron chi connectivity index (χ1n) is 9.92. The smallest absolute Gasteiger partial charge is 0.253 e. The lowest BCUT2D eigenvalue weighted by Crippen LogP contribution is -2.52. The van der Waals surface area contributed by atoms with E-state index in [2.05, 4.69) is 12.1 Å². The standard InChI is InChI=1S/C23H26ClNO3/c1-16-7-8-18(13-20(16)24)22(27)25-11-9-23(10-12-25)15-19(26)14-21(28-23)17-5-3-2-4-6-17/h2-8,13,19,21,26H,9-12,14-15H2,1H3/t19-,21-/m1/s1. The van der Waals surface area contributed by atoms with Gasteiger partial charge in [-0.1, -0.05) is 48.0 Å². The minimum absolute atomic E-state index is 0.00715. The van der Waals surface area contributed by atoms with Crippen LogP contribution in [0, 0.1) is 6.92 Å². The molecule has 1 spiro atoms. The Hall–Kier alpha value is -1.88. The highest BCUT2D eigenvalue weighted by atomic mass is 35.5. The molecule has 2 atom stereocenters. The number of hydrogen-bond acceptors (Lipinski definition) is 3. The van der Waals surface area contributed by atoms with E-state index in [1.807, 2.05) is 42.2 Å². The normalized spacial score (nSPS) is 24.3. The first-order valence-corrected chi connectivity index (χ1v) is 10.3. The molecule has 2 aliphatic rings. The summed E-state index contributed by atoms with van der Waals surface area (Å²) >= 11 is 6.19. The van der Waals surface area contributed by atoms with Crippen molar-refractivity contribution >= 4 is 17.5 Å². The number of aliphatic hydroxyl groups excluding tert-OH is 1. The largest absolute Gasteiger partial charge is 0.393 e. The Bertz CT molecular complexity index is 846. The van der Waals surface area contributed by atoms with E-state index in [0.717, 1.165) is 24.0 Å². The maximum Gasteiger partial charge on any atom is 0.253 e. The van der Waals surface area contributed by atoms with Gasteiger partial charge in [0.25, 0.3) is 5.91 Å². The molecule has 0 unspecified atom stereocenters. The van der Waals surface area contributed by atoms with Gasteiger partial charge in [-0.15, -0.1) is 0 Å². The molecule has 2 heterocycles. The van der Waals surface area contributed by atoms with E-state index in [1.165, 1.54) is 0 Å². The van der Waals surface area contributed by atoms with E-state index in [1.54, 1.807) is 6.07 Å². The Labute approximate surface area is 171 Å². The fourth-order valence-electron chi connectivity index (χ4n) is 4.38. The van der Waals surface area contributed by atoms with Crippen LogP contribution < -0.4 is 0 Å². The van der Waals surface area contributed by atoms with Gasteiger partial charge in [0, 0.05) is 36.5 Å². The molecule has 0 radical (unpaired) electrons. The van der Waals surface area contributed by atoms with E-state index < -0.39 is 0 Å². The highest BCUT2D eigenvalue weighted by molar-refractivity contribution is 6.31. The number of nitrogens with zero attached hydrogens (tertiary/aromatic N) is 1. The number of benzene rings is 2. The van der Waals surface area contributed by atoms with Gasteiger partial charge in [0.2, 0.25) is 0 Å². The van der Waals surface area contributed by atoms with Crippen LogP contribution in [0.3, 0.4) is 0 Å². The van der Waals surface area contributed by atoms with Crippen molar-refractivity contribution in [2.75, 3.05) is 13.1 Å². The second-order valence-corrected chi connectivity index (χ2v) is 8.46. The summed E-state index contributed by atoms with van der Waals surface area (Å²) in [6.07, 6.45) is 2.25. The van der Waals surface area contributed by atoms with E-state index in [-0.39, 0.29) is 23.7 Å². The van der Waals surface area contributed by atoms with Gasteiger partial charge in [0.1, 0.15) is 0 Å². The number of carbonyl (C=O) groups excluding carboxylic acids is 1. The highest BCUT2D eigenvalue weighted by Gasteiger charge is 2.44. The predicted octanol–water partition coefficient (Wildman–Crippen LogP) is 4.54. The summed E-state index contributed by atoms with van der Waals surface area (Å²) in [5, 5.41) is 11.1. The van der Waals surface area contributed by atoms with Gasteiger partial charge < -0.3 is 14.7 Å².